The molecule has 5 heterocycles. The number of carbonyl (C=O) groups is 1. The fourth-order valence-electron chi connectivity index (χ4n) is 4.74. The summed E-state index contributed by atoms with van der Waals surface area (Å²) in [6.45, 7) is 2.11. The van der Waals surface area contributed by atoms with Gasteiger partial charge in [0.2, 0.25) is 11.8 Å². The highest BCUT2D eigenvalue weighted by Gasteiger charge is 2.35. The molecule has 0 radical (unpaired) electrons. The molecule has 30 heavy (non-hydrogen) atoms. The lowest BCUT2D eigenvalue weighted by atomic mass is 9.83. The van der Waals surface area contributed by atoms with Crippen LogP contribution >= 0.6 is 0 Å². The number of fused-ring (bicyclic) bond motifs is 5. The first-order valence-corrected chi connectivity index (χ1v) is 10.3. The maximum atomic E-state index is 12.9. The first-order chi connectivity index (χ1) is 14.6. The molecule has 2 unspecified atom stereocenters. The second-order valence-corrected chi connectivity index (χ2v) is 8.11. The predicted octanol–water partition coefficient (Wildman–Crippen LogP) is 1.26. The van der Waals surface area contributed by atoms with E-state index in [1.807, 2.05) is 27.7 Å². The van der Waals surface area contributed by atoms with Crippen molar-refractivity contribution in [1.82, 2.24) is 29.3 Å². The number of methoxy groups -OCH3 is 1. The SMILES string of the molecule is COc1ccc2nnc(CCCC(=O)N3CC4CC(C3)c3cccc(=O)n3C4)n2n1. The molecule has 2 aliphatic heterocycles. The molecular weight excluding hydrogens is 384 g/mol. The van der Waals surface area contributed by atoms with Gasteiger partial charge >= 0.3 is 0 Å². The van der Waals surface area contributed by atoms with Gasteiger partial charge in [-0.2, -0.15) is 4.52 Å². The van der Waals surface area contributed by atoms with Gasteiger partial charge < -0.3 is 14.2 Å². The molecule has 0 N–H and O–H groups in total. The highest BCUT2D eigenvalue weighted by molar-refractivity contribution is 5.76. The van der Waals surface area contributed by atoms with Gasteiger partial charge in [-0.25, -0.2) is 0 Å². The van der Waals surface area contributed by atoms with E-state index in [0.717, 1.165) is 24.5 Å². The lowest BCUT2D eigenvalue weighted by Crippen LogP contribution is -2.49. The number of pyridine rings is 1. The van der Waals surface area contributed by atoms with Gasteiger partial charge in [0, 0.05) is 56.2 Å². The van der Waals surface area contributed by atoms with Gasteiger partial charge in [-0.15, -0.1) is 15.3 Å². The second-order valence-electron chi connectivity index (χ2n) is 8.11. The van der Waals surface area contributed by atoms with Crippen LogP contribution in [-0.2, 0) is 17.8 Å². The van der Waals surface area contributed by atoms with E-state index in [-0.39, 0.29) is 17.4 Å². The quantitative estimate of drug-likeness (QED) is 0.631. The standard InChI is InChI=1S/C21H24N6O3/c1-30-19-9-8-18-23-22-17(27(18)24-19)5-3-6-20(28)25-11-14-10-15(13-25)16-4-2-7-21(29)26(16)12-14/h2,4,7-9,14-15H,3,5-6,10-13H2,1H3. The summed E-state index contributed by atoms with van der Waals surface area (Å²) in [6, 6.07) is 9.02. The van der Waals surface area contributed by atoms with E-state index in [1.165, 1.54) is 0 Å². The Kier molecular flexibility index (Phi) is 4.72. The Balaban J connectivity index is 1.22. The molecule has 1 saturated heterocycles. The van der Waals surface area contributed by atoms with Crippen LogP contribution in [0, 0.1) is 5.92 Å². The molecule has 2 aliphatic rings. The fourth-order valence-corrected chi connectivity index (χ4v) is 4.74. The Morgan fingerprint density at radius 1 is 1.17 bits per heavy atom. The maximum absolute atomic E-state index is 12.9. The van der Waals surface area contributed by atoms with Gasteiger partial charge in [0.1, 0.15) is 0 Å². The number of aryl methyl sites for hydroxylation is 1. The number of hydrogen-bond donors (Lipinski definition) is 0. The topological polar surface area (TPSA) is 94.6 Å². The van der Waals surface area contributed by atoms with Crippen LogP contribution in [0.25, 0.3) is 5.65 Å². The van der Waals surface area contributed by atoms with Crippen LogP contribution in [0.5, 0.6) is 5.88 Å². The first-order valence-electron chi connectivity index (χ1n) is 10.3. The molecule has 5 rings (SSSR count). The van der Waals surface area contributed by atoms with Gasteiger partial charge in [0.25, 0.3) is 5.56 Å². The van der Waals surface area contributed by atoms with E-state index in [0.29, 0.717) is 49.8 Å². The number of carbonyl (C=O) groups excluding carboxylic acids is 1. The summed E-state index contributed by atoms with van der Waals surface area (Å²) >= 11 is 0. The van der Waals surface area contributed by atoms with Crippen LogP contribution in [0.1, 0.15) is 36.7 Å². The van der Waals surface area contributed by atoms with Crippen molar-refractivity contribution in [2.24, 2.45) is 5.92 Å². The number of nitrogens with zero attached hydrogens (tertiary/aromatic N) is 6. The third-order valence-electron chi connectivity index (χ3n) is 6.14. The van der Waals surface area contributed by atoms with Gasteiger partial charge in [-0.1, -0.05) is 6.07 Å². The molecule has 0 saturated carbocycles. The monoisotopic (exact) mass is 408 g/mol. The van der Waals surface area contributed by atoms with Crippen LogP contribution in [0.15, 0.2) is 35.1 Å². The molecule has 2 bridgehead atoms. The number of amides is 1. The number of likely N-dealkylation sites (tertiary alicyclic amines) is 1. The lowest BCUT2D eigenvalue weighted by Gasteiger charge is -2.42. The van der Waals surface area contributed by atoms with E-state index in [4.69, 9.17) is 4.74 Å². The molecule has 0 spiro atoms. The average Bonchev–Trinajstić information content (AvgIpc) is 3.16. The predicted molar refractivity (Wildman–Crippen MR) is 108 cm³/mol. The van der Waals surface area contributed by atoms with Gasteiger partial charge in [0.05, 0.1) is 7.11 Å². The minimum absolute atomic E-state index is 0.0627. The van der Waals surface area contributed by atoms with Crippen molar-refractivity contribution < 1.29 is 9.53 Å². The van der Waals surface area contributed by atoms with E-state index < -0.39 is 0 Å². The summed E-state index contributed by atoms with van der Waals surface area (Å²) < 4.78 is 8.72. The third-order valence-corrected chi connectivity index (χ3v) is 6.14. The van der Waals surface area contributed by atoms with Crippen molar-refractivity contribution in [2.75, 3.05) is 20.2 Å². The second kappa shape index (κ2) is 7.55. The Hall–Kier alpha value is -3.23. The average molecular weight is 408 g/mol. The summed E-state index contributed by atoms with van der Waals surface area (Å²) in [6.07, 6.45) is 2.80. The molecule has 9 nitrogen and oxygen atoms in total. The van der Waals surface area contributed by atoms with Crippen LogP contribution in [0.3, 0.4) is 0 Å². The Morgan fingerprint density at radius 2 is 2.07 bits per heavy atom. The highest BCUT2D eigenvalue weighted by atomic mass is 16.5. The van der Waals surface area contributed by atoms with Crippen LogP contribution < -0.4 is 10.3 Å². The Bertz CT molecular complexity index is 1150. The Morgan fingerprint density at radius 3 is 2.93 bits per heavy atom. The van der Waals surface area contributed by atoms with Gasteiger partial charge in [-0.3, -0.25) is 9.59 Å². The Labute approximate surface area is 173 Å². The minimum Gasteiger partial charge on any atom is -0.480 e. The van der Waals surface area contributed by atoms with Crippen LogP contribution in [0.4, 0.5) is 0 Å². The molecule has 0 aliphatic carbocycles. The summed E-state index contributed by atoms with van der Waals surface area (Å²) in [5, 5.41) is 12.7. The van der Waals surface area contributed by atoms with E-state index in [1.54, 1.807) is 23.8 Å². The fraction of sp³-hybridized carbons (Fsp3) is 0.476. The molecule has 1 amide bonds. The summed E-state index contributed by atoms with van der Waals surface area (Å²) in [4.78, 5) is 27.0. The van der Waals surface area contributed by atoms with Crippen molar-refractivity contribution in [1.29, 1.82) is 0 Å². The zero-order chi connectivity index (χ0) is 20.7. The first kappa shape index (κ1) is 18.8. The van der Waals surface area contributed by atoms with Crippen molar-refractivity contribution in [2.45, 2.75) is 38.1 Å². The van der Waals surface area contributed by atoms with Crippen molar-refractivity contribution >= 4 is 11.6 Å². The van der Waals surface area contributed by atoms with Crippen LogP contribution in [0.2, 0.25) is 0 Å². The summed E-state index contributed by atoms with van der Waals surface area (Å²) in [5.74, 6) is 1.97. The number of piperidine rings is 1. The molecule has 1 fully saturated rings. The number of ether oxygens (including phenoxy) is 1. The zero-order valence-corrected chi connectivity index (χ0v) is 16.9. The van der Waals surface area contributed by atoms with Crippen molar-refractivity contribution in [3.8, 4) is 5.88 Å². The summed E-state index contributed by atoms with van der Waals surface area (Å²) in [7, 11) is 1.57. The number of aromatic nitrogens is 5. The number of rotatable bonds is 5. The molecule has 156 valence electrons. The van der Waals surface area contributed by atoms with Crippen molar-refractivity contribution in [3.05, 3.63) is 52.2 Å². The smallest absolute Gasteiger partial charge is 0.250 e. The van der Waals surface area contributed by atoms with E-state index >= 15 is 0 Å². The van der Waals surface area contributed by atoms with Gasteiger partial charge in [-0.05, 0) is 30.9 Å². The molecule has 3 aromatic rings. The minimum atomic E-state index is 0.0627. The largest absolute Gasteiger partial charge is 0.480 e. The zero-order valence-electron chi connectivity index (χ0n) is 16.9. The third kappa shape index (κ3) is 3.34. The number of hydrogen-bond acceptors (Lipinski definition) is 6. The molecule has 3 aromatic heterocycles. The maximum Gasteiger partial charge on any atom is 0.250 e. The molecule has 2 atom stereocenters. The molecular formula is C21H24N6O3. The lowest BCUT2D eigenvalue weighted by molar-refractivity contribution is -0.134. The summed E-state index contributed by atoms with van der Waals surface area (Å²) in [5.41, 5.74) is 1.79. The molecule has 0 aromatic carbocycles. The van der Waals surface area contributed by atoms with Crippen molar-refractivity contribution in [3.63, 3.8) is 0 Å². The van der Waals surface area contributed by atoms with E-state index in [2.05, 4.69) is 15.3 Å². The van der Waals surface area contributed by atoms with Gasteiger partial charge in [0.15, 0.2) is 11.5 Å². The van der Waals surface area contributed by atoms with Crippen LogP contribution in [-0.4, -0.2) is 55.4 Å². The highest BCUT2D eigenvalue weighted by Crippen LogP contribution is 2.35. The van der Waals surface area contributed by atoms with E-state index in [9.17, 15) is 9.59 Å². The normalized spacial score (nSPS) is 20.2. The molecule has 9 heteroatoms.